The van der Waals surface area contributed by atoms with E-state index in [4.69, 9.17) is 9.40 Å². The summed E-state index contributed by atoms with van der Waals surface area (Å²) in [4.78, 5) is 16.7. The molecule has 0 N–H and O–H groups in total. The van der Waals surface area contributed by atoms with E-state index in [2.05, 4.69) is 17.2 Å². The van der Waals surface area contributed by atoms with Crippen molar-refractivity contribution in [3.8, 4) is 0 Å². The first kappa shape index (κ1) is 15.8. The number of fused-ring (bicyclic) bond motifs is 2. The fraction of sp³-hybridized carbons (Fsp3) is 0.158. The summed E-state index contributed by atoms with van der Waals surface area (Å²) in [5, 5.41) is 0.932. The summed E-state index contributed by atoms with van der Waals surface area (Å²) < 4.78 is 9.09. The van der Waals surface area contributed by atoms with Gasteiger partial charge in [0.25, 0.3) is 0 Å². The molecule has 0 saturated carbocycles. The van der Waals surface area contributed by atoms with Crippen LogP contribution in [0.4, 0.5) is 0 Å². The third-order valence-corrected chi connectivity index (χ3v) is 5.01. The van der Waals surface area contributed by atoms with Crippen LogP contribution in [0.2, 0.25) is 0 Å². The lowest BCUT2D eigenvalue weighted by Crippen LogP contribution is -2.15. The van der Waals surface area contributed by atoms with Gasteiger partial charge in [-0.2, -0.15) is 0 Å². The van der Waals surface area contributed by atoms with Gasteiger partial charge in [0.1, 0.15) is 0 Å². The highest BCUT2D eigenvalue weighted by molar-refractivity contribution is 7.99. The number of hydrogen-bond acceptors (Lipinski definition) is 4. The number of hydrogen-bond donors (Lipinski definition) is 0. The van der Waals surface area contributed by atoms with E-state index in [9.17, 15) is 4.79 Å². The van der Waals surface area contributed by atoms with Crippen molar-refractivity contribution < 1.29 is 4.42 Å². The number of thioether (sulfide) groups is 1. The van der Waals surface area contributed by atoms with E-state index in [1.165, 1.54) is 0 Å². The van der Waals surface area contributed by atoms with Gasteiger partial charge < -0.3 is 8.98 Å². The zero-order valence-electron chi connectivity index (χ0n) is 13.6. The van der Waals surface area contributed by atoms with Gasteiger partial charge in [-0.1, -0.05) is 42.1 Å². The van der Waals surface area contributed by atoms with Crippen LogP contribution >= 0.6 is 11.8 Å². The Morgan fingerprint density at radius 3 is 2.68 bits per heavy atom. The van der Waals surface area contributed by atoms with E-state index in [1.54, 1.807) is 16.3 Å². The largest absolute Gasteiger partial charge is 0.419 e. The van der Waals surface area contributed by atoms with Crippen LogP contribution in [0, 0.1) is 0 Å². The maximum atomic E-state index is 12.0. The molecule has 2 heterocycles. The number of aryl methyl sites for hydroxylation is 1. The SMILES string of the molecule is C=CCn1c(SCCn2c(=O)oc3ccccc32)nc2ccccc21. The monoisotopic (exact) mass is 351 g/mol. The number of oxazole rings is 1. The summed E-state index contributed by atoms with van der Waals surface area (Å²) >= 11 is 1.63. The molecule has 0 aliphatic carbocycles. The normalized spacial score (nSPS) is 11.4. The molecule has 6 heteroatoms. The second-order valence-electron chi connectivity index (χ2n) is 5.62. The molecule has 0 spiro atoms. The molecule has 0 saturated heterocycles. The third-order valence-electron chi connectivity index (χ3n) is 4.05. The highest BCUT2D eigenvalue weighted by Crippen LogP contribution is 2.24. The van der Waals surface area contributed by atoms with Crippen LogP contribution < -0.4 is 5.76 Å². The van der Waals surface area contributed by atoms with Crippen LogP contribution in [0.25, 0.3) is 22.1 Å². The van der Waals surface area contributed by atoms with Crippen molar-refractivity contribution in [2.24, 2.45) is 0 Å². The fourth-order valence-corrected chi connectivity index (χ4v) is 3.87. The molecular formula is C19H17N3O2S. The van der Waals surface area contributed by atoms with Crippen molar-refractivity contribution in [2.75, 3.05) is 5.75 Å². The number of para-hydroxylation sites is 4. The Morgan fingerprint density at radius 2 is 1.84 bits per heavy atom. The van der Waals surface area contributed by atoms with Gasteiger partial charge in [0, 0.05) is 18.8 Å². The Morgan fingerprint density at radius 1 is 1.08 bits per heavy atom. The van der Waals surface area contributed by atoms with Crippen LogP contribution in [0.15, 0.2) is 75.6 Å². The molecular weight excluding hydrogens is 334 g/mol. The first-order chi connectivity index (χ1) is 12.3. The molecule has 0 unspecified atom stereocenters. The number of rotatable bonds is 6. The molecule has 126 valence electrons. The topological polar surface area (TPSA) is 53.0 Å². The standard InChI is InChI=1S/C19H17N3O2S/c1-2-11-21-15-8-4-3-7-14(15)20-18(21)25-13-12-22-16-9-5-6-10-17(16)24-19(22)23/h2-10H,1,11-13H2. The summed E-state index contributed by atoms with van der Waals surface area (Å²) in [6.07, 6.45) is 1.87. The maximum absolute atomic E-state index is 12.0. The lowest BCUT2D eigenvalue weighted by atomic mass is 10.3. The molecule has 2 aromatic heterocycles. The lowest BCUT2D eigenvalue weighted by Gasteiger charge is -2.06. The van der Waals surface area contributed by atoms with Gasteiger partial charge in [0.15, 0.2) is 10.7 Å². The average molecular weight is 351 g/mol. The molecule has 0 atom stereocenters. The van der Waals surface area contributed by atoms with Gasteiger partial charge in [-0.05, 0) is 24.3 Å². The van der Waals surface area contributed by atoms with E-state index in [0.717, 1.165) is 27.5 Å². The summed E-state index contributed by atoms with van der Waals surface area (Å²) in [5.74, 6) is 0.408. The minimum absolute atomic E-state index is 0.318. The zero-order chi connectivity index (χ0) is 17.2. The van der Waals surface area contributed by atoms with Crippen LogP contribution in [0.1, 0.15) is 0 Å². The van der Waals surface area contributed by atoms with Crippen molar-refractivity contribution in [2.45, 2.75) is 18.2 Å². The van der Waals surface area contributed by atoms with E-state index in [-0.39, 0.29) is 5.76 Å². The zero-order valence-corrected chi connectivity index (χ0v) is 14.4. The molecule has 0 fully saturated rings. The van der Waals surface area contributed by atoms with Gasteiger partial charge in [-0.3, -0.25) is 4.57 Å². The Hall–Kier alpha value is -2.73. The van der Waals surface area contributed by atoms with Crippen molar-refractivity contribution in [3.63, 3.8) is 0 Å². The fourth-order valence-electron chi connectivity index (χ4n) is 2.92. The Labute approximate surface area is 148 Å². The minimum atomic E-state index is -0.318. The van der Waals surface area contributed by atoms with Gasteiger partial charge >= 0.3 is 5.76 Å². The second-order valence-corrected chi connectivity index (χ2v) is 6.68. The number of aromatic nitrogens is 3. The molecule has 0 amide bonds. The van der Waals surface area contributed by atoms with Crippen molar-refractivity contribution in [1.82, 2.24) is 14.1 Å². The quantitative estimate of drug-likeness (QED) is 0.390. The third kappa shape index (κ3) is 2.89. The Kier molecular flexibility index (Phi) is 4.19. The Balaban J connectivity index is 1.58. The van der Waals surface area contributed by atoms with Crippen LogP contribution in [-0.4, -0.2) is 19.9 Å². The van der Waals surface area contributed by atoms with Crippen molar-refractivity contribution >= 4 is 33.9 Å². The molecule has 5 nitrogen and oxygen atoms in total. The molecule has 4 aromatic rings. The molecule has 0 aliphatic rings. The first-order valence-electron chi connectivity index (χ1n) is 8.05. The first-order valence-corrected chi connectivity index (χ1v) is 9.04. The number of allylic oxidation sites excluding steroid dienone is 1. The highest BCUT2D eigenvalue weighted by atomic mass is 32.2. The summed E-state index contributed by atoms with van der Waals surface area (Å²) in [7, 11) is 0. The van der Waals surface area contributed by atoms with Crippen molar-refractivity contribution in [1.29, 1.82) is 0 Å². The van der Waals surface area contributed by atoms with Crippen molar-refractivity contribution in [3.05, 3.63) is 71.7 Å². The van der Waals surface area contributed by atoms with Crippen LogP contribution in [0.5, 0.6) is 0 Å². The van der Waals surface area contributed by atoms with Gasteiger partial charge in [-0.25, -0.2) is 9.78 Å². The number of nitrogens with zero attached hydrogens (tertiary/aromatic N) is 3. The van der Waals surface area contributed by atoms with Gasteiger partial charge in [0.05, 0.1) is 16.6 Å². The number of imidazole rings is 1. The molecule has 0 bridgehead atoms. The smallest absolute Gasteiger partial charge is 0.408 e. The summed E-state index contributed by atoms with van der Waals surface area (Å²) in [5.41, 5.74) is 3.51. The van der Waals surface area contributed by atoms with Crippen LogP contribution in [-0.2, 0) is 13.1 Å². The molecule has 25 heavy (non-hydrogen) atoms. The van der Waals surface area contributed by atoms with Gasteiger partial charge in [0.2, 0.25) is 0 Å². The minimum Gasteiger partial charge on any atom is -0.408 e. The highest BCUT2D eigenvalue weighted by Gasteiger charge is 2.12. The molecule has 0 aliphatic heterocycles. The lowest BCUT2D eigenvalue weighted by molar-refractivity contribution is 0.514. The van der Waals surface area contributed by atoms with Crippen LogP contribution in [0.3, 0.4) is 0 Å². The number of benzene rings is 2. The predicted octanol–water partition coefficient (Wildman–Crippen LogP) is 3.92. The van der Waals surface area contributed by atoms with Gasteiger partial charge in [-0.15, -0.1) is 6.58 Å². The molecule has 2 aromatic carbocycles. The maximum Gasteiger partial charge on any atom is 0.419 e. The van der Waals surface area contributed by atoms with E-state index in [0.29, 0.717) is 18.7 Å². The average Bonchev–Trinajstić information content (AvgIpc) is 3.13. The second kappa shape index (κ2) is 6.64. The summed E-state index contributed by atoms with van der Waals surface area (Å²) in [6, 6.07) is 15.5. The van der Waals surface area contributed by atoms with E-state index >= 15 is 0 Å². The predicted molar refractivity (Wildman–Crippen MR) is 101 cm³/mol. The molecule has 4 rings (SSSR count). The molecule has 0 radical (unpaired) electrons. The van der Waals surface area contributed by atoms with E-state index < -0.39 is 0 Å². The summed E-state index contributed by atoms with van der Waals surface area (Å²) in [6.45, 7) is 5.11. The Bertz CT molecular complexity index is 1110. The van der Waals surface area contributed by atoms with E-state index in [1.807, 2.05) is 48.5 Å².